The van der Waals surface area contributed by atoms with Gasteiger partial charge in [0.2, 0.25) is 0 Å². The van der Waals surface area contributed by atoms with Crippen LogP contribution in [0.5, 0.6) is 0 Å². The number of nitrogens with two attached hydrogens (primary N) is 1. The fourth-order valence-corrected chi connectivity index (χ4v) is 1.01. The largest absolute Gasteiger partial charge is 0.396 e. The number of anilines is 1. The van der Waals surface area contributed by atoms with Gasteiger partial charge in [-0.1, -0.05) is 0 Å². The molecule has 1 amide bonds. The second-order valence-electron chi connectivity index (χ2n) is 3.17. The zero-order valence-corrected chi connectivity index (χ0v) is 8.19. The molecule has 1 aromatic heterocycles. The first-order chi connectivity index (χ1) is 6.50. The summed E-state index contributed by atoms with van der Waals surface area (Å²) in [6.45, 7) is 1.77. The minimum Gasteiger partial charge on any atom is -0.396 e. The molecule has 0 aliphatic heterocycles. The van der Waals surface area contributed by atoms with Crippen molar-refractivity contribution < 1.29 is 9.90 Å². The van der Waals surface area contributed by atoms with Crippen molar-refractivity contribution in [1.29, 1.82) is 0 Å². The van der Waals surface area contributed by atoms with Crippen LogP contribution in [0.25, 0.3) is 0 Å². The molecule has 4 N–H and O–H groups in total. The lowest BCUT2D eigenvalue weighted by molar-refractivity contribution is 0.0919. The Morgan fingerprint density at radius 3 is 2.93 bits per heavy atom. The lowest BCUT2D eigenvalue weighted by atomic mass is 10.3. The highest BCUT2D eigenvalue weighted by atomic mass is 16.3. The topological polar surface area (TPSA) is 93.2 Å². The highest BCUT2D eigenvalue weighted by molar-refractivity contribution is 5.96. The van der Waals surface area contributed by atoms with Crippen LogP contribution in [0.4, 0.5) is 5.69 Å². The van der Waals surface area contributed by atoms with Gasteiger partial charge in [-0.3, -0.25) is 9.48 Å². The summed E-state index contributed by atoms with van der Waals surface area (Å²) in [6, 6.07) is 0. The summed E-state index contributed by atoms with van der Waals surface area (Å²) in [7, 11) is 1.68. The number of aryl methyl sites for hydroxylation is 1. The molecule has 0 spiro atoms. The van der Waals surface area contributed by atoms with Crippen molar-refractivity contribution in [2.45, 2.75) is 13.0 Å². The smallest absolute Gasteiger partial charge is 0.274 e. The minimum absolute atomic E-state index is 0.188. The average molecular weight is 198 g/mol. The molecular formula is C8H14N4O2. The van der Waals surface area contributed by atoms with Crippen molar-refractivity contribution >= 4 is 11.6 Å². The lowest BCUT2D eigenvalue weighted by Crippen LogP contribution is -2.31. The van der Waals surface area contributed by atoms with Gasteiger partial charge in [0.15, 0.2) is 5.69 Å². The van der Waals surface area contributed by atoms with E-state index in [1.54, 1.807) is 20.2 Å². The monoisotopic (exact) mass is 198 g/mol. The number of nitrogens with one attached hydrogen (secondary N) is 1. The minimum atomic E-state index is -0.580. The predicted molar refractivity (Wildman–Crippen MR) is 51.6 cm³/mol. The van der Waals surface area contributed by atoms with Crippen LogP contribution >= 0.6 is 0 Å². The Labute approximate surface area is 81.7 Å². The fraction of sp³-hybridized carbons (Fsp3) is 0.500. The zero-order valence-electron chi connectivity index (χ0n) is 8.19. The van der Waals surface area contributed by atoms with E-state index in [2.05, 4.69) is 10.4 Å². The van der Waals surface area contributed by atoms with Crippen LogP contribution in [0.15, 0.2) is 6.20 Å². The van der Waals surface area contributed by atoms with Crippen LogP contribution in [0.2, 0.25) is 0 Å². The van der Waals surface area contributed by atoms with Gasteiger partial charge in [-0.05, 0) is 6.92 Å². The molecule has 1 heterocycles. The van der Waals surface area contributed by atoms with E-state index in [1.165, 1.54) is 4.68 Å². The van der Waals surface area contributed by atoms with Crippen molar-refractivity contribution in [1.82, 2.24) is 15.1 Å². The van der Waals surface area contributed by atoms with Gasteiger partial charge in [0.1, 0.15) is 0 Å². The number of carbonyl (C=O) groups is 1. The maximum atomic E-state index is 11.4. The van der Waals surface area contributed by atoms with Crippen LogP contribution in [0, 0.1) is 0 Å². The molecule has 0 bridgehead atoms. The number of nitrogen functional groups attached to an aromatic ring is 1. The van der Waals surface area contributed by atoms with E-state index in [4.69, 9.17) is 10.8 Å². The van der Waals surface area contributed by atoms with Crippen molar-refractivity contribution in [3.63, 3.8) is 0 Å². The van der Waals surface area contributed by atoms with Gasteiger partial charge in [0.05, 0.1) is 11.8 Å². The Morgan fingerprint density at radius 1 is 1.86 bits per heavy atom. The molecule has 1 aromatic rings. The fourth-order valence-electron chi connectivity index (χ4n) is 1.01. The standard InChI is InChI=1S/C8H14N4O2/c1-5(13)3-10-8(14)7-6(9)4-12(2)11-7/h4-5,13H,3,9H2,1-2H3,(H,10,14)/t5-/m1/s1. The van der Waals surface area contributed by atoms with E-state index >= 15 is 0 Å². The van der Waals surface area contributed by atoms with Crippen molar-refractivity contribution in [2.24, 2.45) is 7.05 Å². The first-order valence-corrected chi connectivity index (χ1v) is 4.26. The number of aromatic nitrogens is 2. The summed E-state index contributed by atoms with van der Waals surface area (Å²) in [5.74, 6) is -0.371. The quantitative estimate of drug-likeness (QED) is 0.587. The molecule has 14 heavy (non-hydrogen) atoms. The number of hydrogen-bond donors (Lipinski definition) is 3. The molecule has 0 fully saturated rings. The molecule has 0 radical (unpaired) electrons. The van der Waals surface area contributed by atoms with E-state index < -0.39 is 6.10 Å². The zero-order chi connectivity index (χ0) is 10.7. The normalized spacial score (nSPS) is 12.5. The van der Waals surface area contributed by atoms with Crippen LogP contribution in [-0.2, 0) is 7.05 Å². The highest BCUT2D eigenvalue weighted by Crippen LogP contribution is 2.07. The molecule has 0 aromatic carbocycles. The molecule has 0 saturated heterocycles. The average Bonchev–Trinajstić information content (AvgIpc) is 2.41. The van der Waals surface area contributed by atoms with Gasteiger partial charge >= 0.3 is 0 Å². The van der Waals surface area contributed by atoms with Gasteiger partial charge in [0, 0.05) is 19.8 Å². The Balaban J connectivity index is 2.65. The van der Waals surface area contributed by atoms with E-state index in [0.717, 1.165) is 0 Å². The molecule has 1 rings (SSSR count). The van der Waals surface area contributed by atoms with Crippen LogP contribution in [0.1, 0.15) is 17.4 Å². The number of amides is 1. The van der Waals surface area contributed by atoms with Crippen LogP contribution in [-0.4, -0.2) is 33.4 Å². The Hall–Kier alpha value is -1.56. The van der Waals surface area contributed by atoms with Crippen LogP contribution < -0.4 is 11.1 Å². The summed E-state index contributed by atoms with van der Waals surface area (Å²) in [4.78, 5) is 11.4. The second kappa shape index (κ2) is 4.10. The van der Waals surface area contributed by atoms with Gasteiger partial charge in [0.25, 0.3) is 5.91 Å². The van der Waals surface area contributed by atoms with E-state index in [9.17, 15) is 4.79 Å². The number of nitrogens with zero attached hydrogens (tertiary/aromatic N) is 2. The number of aliphatic hydroxyl groups is 1. The Morgan fingerprint density at radius 2 is 2.50 bits per heavy atom. The van der Waals surface area contributed by atoms with E-state index in [0.29, 0.717) is 5.69 Å². The van der Waals surface area contributed by atoms with Crippen molar-refractivity contribution in [3.05, 3.63) is 11.9 Å². The molecule has 0 saturated carbocycles. The predicted octanol–water partition coefficient (Wildman–Crippen LogP) is -0.887. The summed E-state index contributed by atoms with van der Waals surface area (Å²) in [6.07, 6.45) is 0.973. The Kier molecular flexibility index (Phi) is 3.08. The van der Waals surface area contributed by atoms with E-state index in [1.807, 2.05) is 0 Å². The number of aliphatic hydroxyl groups excluding tert-OH is 1. The first kappa shape index (κ1) is 10.5. The second-order valence-corrected chi connectivity index (χ2v) is 3.17. The van der Waals surface area contributed by atoms with Gasteiger partial charge in [-0.2, -0.15) is 5.10 Å². The maximum Gasteiger partial charge on any atom is 0.274 e. The van der Waals surface area contributed by atoms with Gasteiger partial charge in [-0.25, -0.2) is 0 Å². The molecule has 6 heteroatoms. The summed E-state index contributed by atoms with van der Waals surface area (Å²) < 4.78 is 1.46. The summed E-state index contributed by atoms with van der Waals surface area (Å²) >= 11 is 0. The van der Waals surface area contributed by atoms with Gasteiger partial charge < -0.3 is 16.2 Å². The third-order valence-corrected chi connectivity index (χ3v) is 1.63. The SMILES string of the molecule is C[C@@H](O)CNC(=O)c1nn(C)cc1N. The highest BCUT2D eigenvalue weighted by Gasteiger charge is 2.13. The Bertz CT molecular complexity index is 332. The van der Waals surface area contributed by atoms with Gasteiger partial charge in [-0.15, -0.1) is 0 Å². The third-order valence-electron chi connectivity index (χ3n) is 1.63. The molecule has 0 aliphatic carbocycles. The number of carbonyl (C=O) groups excluding carboxylic acids is 1. The lowest BCUT2D eigenvalue weighted by Gasteiger charge is -2.05. The number of rotatable bonds is 3. The van der Waals surface area contributed by atoms with E-state index in [-0.39, 0.29) is 18.1 Å². The molecular weight excluding hydrogens is 184 g/mol. The summed E-state index contributed by atoms with van der Waals surface area (Å²) in [5, 5.41) is 15.3. The molecule has 0 aliphatic rings. The number of hydrogen-bond acceptors (Lipinski definition) is 4. The molecule has 78 valence electrons. The molecule has 1 atom stereocenters. The summed E-state index contributed by atoms with van der Waals surface area (Å²) in [5.41, 5.74) is 6.06. The molecule has 0 unspecified atom stereocenters. The van der Waals surface area contributed by atoms with Crippen molar-refractivity contribution in [3.8, 4) is 0 Å². The third kappa shape index (κ3) is 2.46. The van der Waals surface area contributed by atoms with Crippen LogP contribution in [0.3, 0.4) is 0 Å². The maximum absolute atomic E-state index is 11.4. The van der Waals surface area contributed by atoms with Crippen molar-refractivity contribution in [2.75, 3.05) is 12.3 Å². The molecule has 6 nitrogen and oxygen atoms in total. The first-order valence-electron chi connectivity index (χ1n) is 4.26.